The van der Waals surface area contributed by atoms with Crippen LogP contribution in [0.15, 0.2) is 30.5 Å². The molecule has 0 unspecified atom stereocenters. The van der Waals surface area contributed by atoms with Crippen LogP contribution in [0.2, 0.25) is 0 Å². The molecule has 2 bridgehead atoms. The van der Waals surface area contributed by atoms with Gasteiger partial charge in [0.15, 0.2) is 5.82 Å². The van der Waals surface area contributed by atoms with Gasteiger partial charge in [-0.2, -0.15) is 5.10 Å². The summed E-state index contributed by atoms with van der Waals surface area (Å²) in [4.78, 5) is 9.40. The number of aromatic amines is 1. The average molecular weight is 363 g/mol. The Morgan fingerprint density at radius 1 is 1.11 bits per heavy atom. The Kier molecular flexibility index (Phi) is 4.16. The van der Waals surface area contributed by atoms with Gasteiger partial charge in [0.1, 0.15) is 11.6 Å². The van der Waals surface area contributed by atoms with Crippen LogP contribution in [0.3, 0.4) is 0 Å². The average Bonchev–Trinajstić information content (AvgIpc) is 3.06. The molecule has 5 rings (SSSR count). The number of hydrogen-bond acceptors (Lipinski definition) is 6. The summed E-state index contributed by atoms with van der Waals surface area (Å²) in [5.41, 5.74) is 1.94. The molecule has 27 heavy (non-hydrogen) atoms. The van der Waals surface area contributed by atoms with E-state index in [1.165, 1.54) is 19.3 Å². The summed E-state index contributed by atoms with van der Waals surface area (Å²) in [6.07, 6.45) is 8.04. The van der Waals surface area contributed by atoms with E-state index in [1.54, 1.807) is 0 Å². The molecular formula is C20H25N7. The third-order valence-electron chi connectivity index (χ3n) is 5.62. The Morgan fingerprint density at radius 3 is 2.74 bits per heavy atom. The minimum atomic E-state index is 0.445. The van der Waals surface area contributed by atoms with E-state index >= 15 is 0 Å². The van der Waals surface area contributed by atoms with Crippen LogP contribution in [-0.2, 0) is 0 Å². The van der Waals surface area contributed by atoms with Gasteiger partial charge in [-0.1, -0.05) is 6.42 Å². The van der Waals surface area contributed by atoms with Gasteiger partial charge in [0.05, 0.1) is 5.52 Å². The maximum atomic E-state index is 4.86. The van der Waals surface area contributed by atoms with E-state index in [1.807, 2.05) is 31.3 Å². The molecule has 0 aromatic carbocycles. The van der Waals surface area contributed by atoms with Gasteiger partial charge in [-0.15, -0.1) is 0 Å². The van der Waals surface area contributed by atoms with Gasteiger partial charge in [0.25, 0.3) is 0 Å². The molecule has 7 nitrogen and oxygen atoms in total. The Labute approximate surface area is 158 Å². The predicted octanol–water partition coefficient (Wildman–Crippen LogP) is 3.49. The highest BCUT2D eigenvalue weighted by atomic mass is 15.2. The smallest absolute Gasteiger partial charge is 0.153 e. The summed E-state index contributed by atoms with van der Waals surface area (Å²) < 4.78 is 0. The molecule has 4 N–H and O–H groups in total. The number of fused-ring (bicyclic) bond motifs is 3. The Hall–Kier alpha value is -2.67. The lowest BCUT2D eigenvalue weighted by Gasteiger charge is -2.40. The Balaban J connectivity index is 1.45. The second-order valence-corrected chi connectivity index (χ2v) is 7.79. The second kappa shape index (κ2) is 6.81. The van der Waals surface area contributed by atoms with E-state index in [0.717, 1.165) is 46.9 Å². The van der Waals surface area contributed by atoms with E-state index in [4.69, 9.17) is 4.98 Å². The predicted molar refractivity (Wildman–Crippen MR) is 107 cm³/mol. The van der Waals surface area contributed by atoms with E-state index < -0.39 is 0 Å². The van der Waals surface area contributed by atoms with Gasteiger partial charge in [-0.05, 0) is 44.7 Å². The summed E-state index contributed by atoms with van der Waals surface area (Å²) in [5, 5.41) is 19.0. The minimum absolute atomic E-state index is 0.445. The number of nitrogens with zero attached hydrogens (tertiary/aromatic N) is 3. The SMILES string of the molecule is Cc1cc(Nc2cc3ncccc3c(N[C@@H]3C[C@H]4CCC[C@@H](C3)N4)n2)n[nH]1. The van der Waals surface area contributed by atoms with Crippen LogP contribution in [-0.4, -0.2) is 38.3 Å². The summed E-state index contributed by atoms with van der Waals surface area (Å²) >= 11 is 0. The standard InChI is InChI=1S/C20H25N7/c1-12-8-19(27-26-12)24-18-11-17-16(6-3-7-21-17)20(25-18)23-15-9-13-4-2-5-14(10-15)22-13/h3,6-8,11,13-15,22H,2,4-5,9-10H2,1H3,(H3,23,24,25,26,27)/t13-,14+,15-. The van der Waals surface area contributed by atoms with Crippen molar-refractivity contribution in [3.05, 3.63) is 36.2 Å². The maximum Gasteiger partial charge on any atom is 0.153 e. The van der Waals surface area contributed by atoms with Gasteiger partial charge in [-0.3, -0.25) is 10.1 Å². The Bertz CT molecular complexity index is 938. The molecular weight excluding hydrogens is 338 g/mol. The van der Waals surface area contributed by atoms with Crippen molar-refractivity contribution >= 4 is 28.4 Å². The number of aryl methyl sites for hydroxylation is 1. The lowest BCUT2D eigenvalue weighted by atomic mass is 9.84. The van der Waals surface area contributed by atoms with E-state index in [0.29, 0.717) is 18.1 Å². The van der Waals surface area contributed by atoms with E-state index in [2.05, 4.69) is 37.2 Å². The second-order valence-electron chi connectivity index (χ2n) is 7.79. The van der Waals surface area contributed by atoms with Crippen LogP contribution in [0.25, 0.3) is 10.9 Å². The highest BCUT2D eigenvalue weighted by molar-refractivity contribution is 5.91. The highest BCUT2D eigenvalue weighted by Gasteiger charge is 2.31. The van der Waals surface area contributed by atoms with Crippen molar-refractivity contribution in [2.24, 2.45) is 0 Å². The van der Waals surface area contributed by atoms with Crippen molar-refractivity contribution in [1.82, 2.24) is 25.5 Å². The Morgan fingerprint density at radius 2 is 1.96 bits per heavy atom. The highest BCUT2D eigenvalue weighted by Crippen LogP contribution is 2.30. The van der Waals surface area contributed by atoms with Crippen molar-refractivity contribution in [3.63, 3.8) is 0 Å². The number of rotatable bonds is 4. The van der Waals surface area contributed by atoms with Crippen molar-refractivity contribution in [1.29, 1.82) is 0 Å². The minimum Gasteiger partial charge on any atom is -0.367 e. The number of piperidine rings is 2. The van der Waals surface area contributed by atoms with Crippen molar-refractivity contribution in [2.45, 2.75) is 57.2 Å². The fourth-order valence-electron chi connectivity index (χ4n) is 4.44. The number of aromatic nitrogens is 4. The fourth-order valence-corrected chi connectivity index (χ4v) is 4.44. The van der Waals surface area contributed by atoms with Crippen molar-refractivity contribution in [2.75, 3.05) is 10.6 Å². The van der Waals surface area contributed by atoms with Crippen molar-refractivity contribution < 1.29 is 0 Å². The zero-order chi connectivity index (χ0) is 18.2. The van der Waals surface area contributed by atoms with Crippen molar-refractivity contribution in [3.8, 4) is 0 Å². The molecule has 2 aliphatic rings. The third-order valence-corrected chi connectivity index (χ3v) is 5.62. The molecule has 7 heteroatoms. The number of H-pyrrole nitrogens is 1. The zero-order valence-corrected chi connectivity index (χ0v) is 15.5. The first kappa shape index (κ1) is 16.5. The number of nitrogens with one attached hydrogen (secondary N) is 4. The number of anilines is 3. The van der Waals surface area contributed by atoms with Gasteiger partial charge >= 0.3 is 0 Å². The first-order valence-corrected chi connectivity index (χ1v) is 9.80. The molecule has 0 radical (unpaired) electrons. The van der Waals surface area contributed by atoms with Crippen LogP contribution >= 0.6 is 0 Å². The van der Waals surface area contributed by atoms with Gasteiger partial charge in [0.2, 0.25) is 0 Å². The molecule has 3 atom stereocenters. The van der Waals surface area contributed by atoms with Crippen LogP contribution in [0.4, 0.5) is 17.5 Å². The molecule has 2 aliphatic heterocycles. The van der Waals surface area contributed by atoms with Crippen LogP contribution in [0.1, 0.15) is 37.8 Å². The topological polar surface area (TPSA) is 90.6 Å². The first-order chi connectivity index (χ1) is 13.2. The fraction of sp³-hybridized carbons (Fsp3) is 0.450. The number of hydrogen-bond donors (Lipinski definition) is 4. The summed E-state index contributed by atoms with van der Waals surface area (Å²) in [6.45, 7) is 1.98. The number of pyridine rings is 2. The molecule has 0 spiro atoms. The lowest BCUT2D eigenvalue weighted by Crippen LogP contribution is -2.52. The van der Waals surface area contributed by atoms with Crippen LogP contribution in [0, 0.1) is 6.92 Å². The molecule has 2 fully saturated rings. The van der Waals surface area contributed by atoms with E-state index in [9.17, 15) is 0 Å². The van der Waals surface area contributed by atoms with Gasteiger partial charge in [0, 0.05) is 47.5 Å². The summed E-state index contributed by atoms with van der Waals surface area (Å²) in [7, 11) is 0. The maximum absolute atomic E-state index is 4.86. The molecule has 0 saturated carbocycles. The largest absolute Gasteiger partial charge is 0.367 e. The van der Waals surface area contributed by atoms with Gasteiger partial charge < -0.3 is 16.0 Å². The molecule has 140 valence electrons. The molecule has 5 heterocycles. The summed E-state index contributed by atoms with van der Waals surface area (Å²) in [5.74, 6) is 2.42. The molecule has 3 aromatic rings. The normalized spacial score (nSPS) is 24.7. The molecule has 2 saturated heterocycles. The van der Waals surface area contributed by atoms with E-state index in [-0.39, 0.29) is 0 Å². The monoisotopic (exact) mass is 363 g/mol. The van der Waals surface area contributed by atoms with Crippen LogP contribution in [0.5, 0.6) is 0 Å². The first-order valence-electron chi connectivity index (χ1n) is 9.80. The lowest BCUT2D eigenvalue weighted by molar-refractivity contribution is 0.230. The molecule has 3 aromatic heterocycles. The van der Waals surface area contributed by atoms with Crippen LogP contribution < -0.4 is 16.0 Å². The molecule has 0 aliphatic carbocycles. The quantitative estimate of drug-likeness (QED) is 0.567. The van der Waals surface area contributed by atoms with Gasteiger partial charge in [-0.25, -0.2) is 4.98 Å². The zero-order valence-electron chi connectivity index (χ0n) is 15.5. The molecule has 0 amide bonds. The third kappa shape index (κ3) is 3.47. The summed E-state index contributed by atoms with van der Waals surface area (Å²) in [6, 6.07) is 9.70.